The lowest BCUT2D eigenvalue weighted by Gasteiger charge is -2.04. The van der Waals surface area contributed by atoms with Crippen molar-refractivity contribution in [3.63, 3.8) is 0 Å². The second-order valence-corrected chi connectivity index (χ2v) is 3.61. The first-order chi connectivity index (χ1) is 6.66. The molecule has 0 aliphatic carbocycles. The largest absolute Gasteiger partial charge is 0.457 e. The molecule has 0 fully saturated rings. The minimum Gasteiger partial charge on any atom is -0.457 e. The maximum atomic E-state index is 13.2. The molecule has 0 atom stereocenters. The van der Waals surface area contributed by atoms with Gasteiger partial charge in [-0.05, 0) is 26.2 Å². The molecule has 0 bridgehead atoms. The fourth-order valence-corrected chi connectivity index (χ4v) is 1.47. The van der Waals surface area contributed by atoms with Crippen molar-refractivity contribution in [1.82, 2.24) is 4.90 Å². The van der Waals surface area contributed by atoms with Gasteiger partial charge in [-0.2, -0.15) is 0 Å². The van der Waals surface area contributed by atoms with Gasteiger partial charge >= 0.3 is 0 Å². The van der Waals surface area contributed by atoms with Gasteiger partial charge in [0.05, 0.1) is 6.54 Å². The molecule has 1 aromatic carbocycles. The van der Waals surface area contributed by atoms with Crippen LogP contribution in [0.2, 0.25) is 0 Å². The van der Waals surface area contributed by atoms with Crippen molar-refractivity contribution in [1.29, 1.82) is 0 Å². The third-order valence-electron chi connectivity index (χ3n) is 2.02. The molecule has 0 radical (unpaired) electrons. The first kappa shape index (κ1) is 9.21. The van der Waals surface area contributed by atoms with Gasteiger partial charge in [0.15, 0.2) is 11.4 Å². The molecule has 0 aliphatic rings. The fourth-order valence-electron chi connectivity index (χ4n) is 1.47. The van der Waals surface area contributed by atoms with Crippen molar-refractivity contribution in [2.24, 2.45) is 0 Å². The maximum Gasteiger partial charge on any atom is 0.169 e. The summed E-state index contributed by atoms with van der Waals surface area (Å²) in [6.07, 6.45) is 0. The van der Waals surface area contributed by atoms with Crippen LogP contribution in [0.25, 0.3) is 11.0 Å². The molecule has 0 saturated heterocycles. The highest BCUT2D eigenvalue weighted by Crippen LogP contribution is 2.22. The minimum absolute atomic E-state index is 0.299. The van der Waals surface area contributed by atoms with Gasteiger partial charge < -0.3 is 9.32 Å². The Morgan fingerprint density at radius 3 is 2.79 bits per heavy atom. The summed E-state index contributed by atoms with van der Waals surface area (Å²) in [4.78, 5) is 1.98. The first-order valence-electron chi connectivity index (χ1n) is 4.48. The molecule has 2 rings (SSSR count). The van der Waals surface area contributed by atoms with Crippen LogP contribution in [0.3, 0.4) is 0 Å². The highest BCUT2D eigenvalue weighted by Gasteiger charge is 2.07. The number of hydrogen-bond donors (Lipinski definition) is 0. The second-order valence-electron chi connectivity index (χ2n) is 3.61. The normalized spacial score (nSPS) is 11.4. The van der Waals surface area contributed by atoms with E-state index in [1.165, 1.54) is 6.07 Å². The highest BCUT2D eigenvalue weighted by molar-refractivity contribution is 5.78. The van der Waals surface area contributed by atoms with Crippen LogP contribution >= 0.6 is 0 Å². The van der Waals surface area contributed by atoms with Crippen molar-refractivity contribution < 1.29 is 8.81 Å². The Balaban J connectivity index is 2.46. The molecule has 0 spiro atoms. The summed E-state index contributed by atoms with van der Waals surface area (Å²) >= 11 is 0. The SMILES string of the molecule is CN(C)Cc1cc2cccc(F)c2o1. The maximum absolute atomic E-state index is 13.2. The predicted molar refractivity (Wildman–Crippen MR) is 53.6 cm³/mol. The topological polar surface area (TPSA) is 16.4 Å². The van der Waals surface area contributed by atoms with Crippen LogP contribution in [-0.4, -0.2) is 19.0 Å². The molecule has 0 amide bonds. The summed E-state index contributed by atoms with van der Waals surface area (Å²) in [5.41, 5.74) is 0.351. The number of hydrogen-bond acceptors (Lipinski definition) is 2. The molecular formula is C11H12FNO. The van der Waals surface area contributed by atoms with Crippen molar-refractivity contribution in [2.45, 2.75) is 6.54 Å². The monoisotopic (exact) mass is 193 g/mol. The molecule has 3 heteroatoms. The number of halogens is 1. The summed E-state index contributed by atoms with van der Waals surface area (Å²) in [6.45, 7) is 0.689. The van der Waals surface area contributed by atoms with E-state index in [1.54, 1.807) is 6.07 Å². The van der Waals surface area contributed by atoms with Gasteiger partial charge in [-0.3, -0.25) is 0 Å². The lowest BCUT2D eigenvalue weighted by Crippen LogP contribution is -2.09. The zero-order valence-corrected chi connectivity index (χ0v) is 8.25. The Hall–Kier alpha value is -1.35. The number of para-hydroxylation sites is 1. The molecule has 1 heterocycles. The number of nitrogens with zero attached hydrogens (tertiary/aromatic N) is 1. The van der Waals surface area contributed by atoms with Gasteiger partial charge in [0.25, 0.3) is 0 Å². The molecule has 14 heavy (non-hydrogen) atoms. The van der Waals surface area contributed by atoms with Crippen LogP contribution in [0, 0.1) is 5.82 Å². The zero-order valence-electron chi connectivity index (χ0n) is 8.25. The lowest BCUT2D eigenvalue weighted by molar-refractivity contribution is 0.356. The summed E-state index contributed by atoms with van der Waals surface area (Å²) in [5, 5.41) is 0.821. The molecule has 0 saturated carbocycles. The minimum atomic E-state index is -0.299. The number of rotatable bonds is 2. The zero-order chi connectivity index (χ0) is 10.1. The predicted octanol–water partition coefficient (Wildman–Crippen LogP) is 2.63. The summed E-state index contributed by atoms with van der Waals surface area (Å²) < 4.78 is 18.6. The Labute approximate surface area is 81.9 Å². The van der Waals surface area contributed by atoms with Gasteiger partial charge in [-0.25, -0.2) is 4.39 Å². The third-order valence-corrected chi connectivity index (χ3v) is 2.02. The van der Waals surface area contributed by atoms with E-state index in [4.69, 9.17) is 4.42 Å². The molecule has 74 valence electrons. The molecule has 2 nitrogen and oxygen atoms in total. The Morgan fingerprint density at radius 1 is 1.36 bits per heavy atom. The van der Waals surface area contributed by atoms with Crippen LogP contribution in [0.1, 0.15) is 5.76 Å². The number of furan rings is 1. The second kappa shape index (κ2) is 3.42. The van der Waals surface area contributed by atoms with Crippen LogP contribution < -0.4 is 0 Å². The quantitative estimate of drug-likeness (QED) is 0.729. The summed E-state index contributed by atoms with van der Waals surface area (Å²) in [6, 6.07) is 6.82. The Morgan fingerprint density at radius 2 is 2.14 bits per heavy atom. The molecule has 0 aliphatic heterocycles. The number of fused-ring (bicyclic) bond motifs is 1. The van der Waals surface area contributed by atoms with Crippen LogP contribution in [0.5, 0.6) is 0 Å². The first-order valence-corrected chi connectivity index (χ1v) is 4.48. The summed E-state index contributed by atoms with van der Waals surface area (Å²) in [7, 11) is 3.90. The van der Waals surface area contributed by atoms with Crippen molar-refractivity contribution in [3.8, 4) is 0 Å². The number of benzene rings is 1. The van der Waals surface area contributed by atoms with E-state index in [0.29, 0.717) is 12.1 Å². The molecule has 2 aromatic rings. The summed E-state index contributed by atoms with van der Waals surface area (Å²) in [5.74, 6) is 0.489. The highest BCUT2D eigenvalue weighted by atomic mass is 19.1. The van der Waals surface area contributed by atoms with Crippen molar-refractivity contribution in [3.05, 3.63) is 35.8 Å². The molecule has 0 N–H and O–H groups in total. The Bertz CT molecular complexity index is 447. The van der Waals surface area contributed by atoms with E-state index >= 15 is 0 Å². The van der Waals surface area contributed by atoms with Gasteiger partial charge in [0.2, 0.25) is 0 Å². The molecular weight excluding hydrogens is 181 g/mol. The van der Waals surface area contributed by atoms with Crippen molar-refractivity contribution in [2.75, 3.05) is 14.1 Å². The van der Waals surface area contributed by atoms with Gasteiger partial charge in [0.1, 0.15) is 5.76 Å². The average Bonchev–Trinajstić information content (AvgIpc) is 2.47. The third kappa shape index (κ3) is 1.63. The van der Waals surface area contributed by atoms with E-state index < -0.39 is 0 Å². The lowest BCUT2D eigenvalue weighted by atomic mass is 10.2. The van der Waals surface area contributed by atoms with Crippen LogP contribution in [-0.2, 0) is 6.54 Å². The average molecular weight is 193 g/mol. The Kier molecular flexibility index (Phi) is 2.25. The van der Waals surface area contributed by atoms with Gasteiger partial charge in [-0.1, -0.05) is 12.1 Å². The van der Waals surface area contributed by atoms with E-state index in [1.807, 2.05) is 31.1 Å². The van der Waals surface area contributed by atoms with E-state index in [0.717, 1.165) is 11.1 Å². The van der Waals surface area contributed by atoms with Crippen molar-refractivity contribution >= 4 is 11.0 Å². The fraction of sp³-hybridized carbons (Fsp3) is 0.273. The van der Waals surface area contributed by atoms with E-state index in [2.05, 4.69) is 0 Å². The van der Waals surface area contributed by atoms with E-state index in [9.17, 15) is 4.39 Å². The van der Waals surface area contributed by atoms with Gasteiger partial charge in [0, 0.05) is 5.39 Å². The van der Waals surface area contributed by atoms with Gasteiger partial charge in [-0.15, -0.1) is 0 Å². The molecule has 1 aromatic heterocycles. The standard InChI is InChI=1S/C11H12FNO/c1-13(2)7-9-6-8-4-3-5-10(12)11(8)14-9/h3-6H,7H2,1-2H3. The van der Waals surface area contributed by atoms with E-state index in [-0.39, 0.29) is 5.82 Å². The molecule has 0 unspecified atom stereocenters. The smallest absolute Gasteiger partial charge is 0.169 e. The van der Waals surface area contributed by atoms with Crippen LogP contribution in [0.4, 0.5) is 4.39 Å². The van der Waals surface area contributed by atoms with Crippen LogP contribution in [0.15, 0.2) is 28.7 Å².